The summed E-state index contributed by atoms with van der Waals surface area (Å²) in [5, 5.41) is 13.1. The third kappa shape index (κ3) is 6.48. The van der Waals surface area contributed by atoms with Gasteiger partial charge in [-0.25, -0.2) is 13.8 Å². The van der Waals surface area contributed by atoms with Gasteiger partial charge in [-0.3, -0.25) is 23.7 Å². The van der Waals surface area contributed by atoms with Gasteiger partial charge in [0.1, 0.15) is 23.5 Å². The number of rotatable bonds is 10. The molecular weight excluding hydrogens is 501 g/mol. The maximum Gasteiger partial charge on any atom is 0.459 e. The van der Waals surface area contributed by atoms with Crippen LogP contribution in [0, 0.1) is 0 Å². The van der Waals surface area contributed by atoms with Crippen LogP contribution in [0.5, 0.6) is 5.75 Å². The average molecular weight is 533 g/mol. The van der Waals surface area contributed by atoms with Crippen molar-refractivity contribution in [3.8, 4) is 5.75 Å². The van der Waals surface area contributed by atoms with Gasteiger partial charge in [-0.05, 0) is 39.8 Å². The van der Waals surface area contributed by atoms with E-state index < -0.39 is 74.7 Å². The molecule has 1 saturated heterocycles. The zero-order chi connectivity index (χ0) is 29.2. The lowest BCUT2D eigenvalue weighted by atomic mass is 9.99. The van der Waals surface area contributed by atoms with E-state index in [9.17, 15) is 24.1 Å². The van der Waals surface area contributed by atoms with Gasteiger partial charge in [-0.1, -0.05) is 18.2 Å². The highest BCUT2D eigenvalue weighted by atomic mass is 31.2. The molecule has 6 atom stereocenters. The monoisotopic (exact) mass is 533 g/mol. The van der Waals surface area contributed by atoms with E-state index in [2.05, 4.69) is 5.09 Å². The Balaban J connectivity index is 1.95. The first-order chi connectivity index (χ1) is 18.1. The Hall–Kier alpha value is -2.83. The Morgan fingerprint density at radius 1 is 1.33 bits per heavy atom. The predicted octanol–water partition coefficient (Wildman–Crippen LogP) is 1.66. The highest BCUT2D eigenvalue weighted by Gasteiger charge is 2.54. The van der Waals surface area contributed by atoms with Gasteiger partial charge in [0, 0.05) is 16.4 Å². The molecule has 0 bridgehead atoms. The Morgan fingerprint density at radius 2 is 2.03 bits per heavy atom. The van der Waals surface area contributed by atoms with Crippen LogP contribution in [0.1, 0.15) is 38.0 Å². The molecule has 1 unspecified atom stereocenters. The normalized spacial score (nSPS) is 27.9. The van der Waals surface area contributed by atoms with E-state index in [1.807, 2.05) is 4.98 Å². The predicted molar refractivity (Wildman–Crippen MR) is 125 cm³/mol. The van der Waals surface area contributed by atoms with Crippen molar-refractivity contribution < 1.29 is 41.5 Å². The molecule has 1 fully saturated rings. The summed E-state index contributed by atoms with van der Waals surface area (Å²) in [4.78, 5) is 37.8. The highest BCUT2D eigenvalue weighted by molar-refractivity contribution is 7.52. The molecule has 12 nitrogen and oxygen atoms in total. The summed E-state index contributed by atoms with van der Waals surface area (Å²) in [7, 11) is -4.64. The Labute approximate surface area is 210 Å². The van der Waals surface area contributed by atoms with E-state index in [0.717, 1.165) is 12.3 Å². The maximum absolute atomic E-state index is 15.3. The number of aliphatic hydroxyl groups excluding tert-OH is 1. The number of hydrogen-bond acceptors (Lipinski definition) is 9. The molecule has 0 radical (unpaired) electrons. The number of nitrogens with zero attached hydrogens (tertiary/aromatic N) is 1. The number of hydrogen-bond donors (Lipinski definition) is 3. The van der Waals surface area contributed by atoms with E-state index in [0.29, 0.717) is 4.57 Å². The third-order valence-electron chi connectivity index (χ3n) is 4.98. The number of aromatic amines is 1. The molecule has 198 valence electrons. The van der Waals surface area contributed by atoms with Crippen LogP contribution in [0.25, 0.3) is 0 Å². The number of aliphatic hydroxyl groups is 1. The van der Waals surface area contributed by atoms with Gasteiger partial charge in [0.05, 0.1) is 12.7 Å². The fourth-order valence-corrected chi connectivity index (χ4v) is 4.76. The Bertz CT molecular complexity index is 1320. The minimum atomic E-state index is -4.64. The molecule has 0 spiro atoms. The van der Waals surface area contributed by atoms with Gasteiger partial charge < -0.3 is 19.1 Å². The minimum absolute atomic E-state index is 0.00891. The fraction of sp³-hybridized carbons (Fsp3) is 0.500. The summed E-state index contributed by atoms with van der Waals surface area (Å²) in [6.07, 6.45) is -6.53. The van der Waals surface area contributed by atoms with Crippen molar-refractivity contribution in [3.63, 3.8) is 0 Å². The summed E-state index contributed by atoms with van der Waals surface area (Å²) >= 11 is 0. The Kier molecular flexibility index (Phi) is 7.24. The maximum atomic E-state index is 15.3. The molecular formula is C22H29FN3O9P. The minimum Gasteiger partial charge on any atom is -0.462 e. The molecule has 3 rings (SSSR count). The average Bonchev–Trinajstić information content (AvgIpc) is 3.09. The molecule has 1 aromatic carbocycles. The zero-order valence-corrected chi connectivity index (χ0v) is 20.5. The fourth-order valence-electron chi connectivity index (χ4n) is 3.24. The number of carbonyl (C=O) groups excluding carboxylic acids is 1. The van der Waals surface area contributed by atoms with Crippen LogP contribution in [0.4, 0.5) is 4.39 Å². The number of para-hydroxylation sites is 1. The smallest absolute Gasteiger partial charge is 0.459 e. The summed E-state index contributed by atoms with van der Waals surface area (Å²) in [5.41, 5.74) is -4.78. The lowest BCUT2D eigenvalue weighted by molar-refractivity contribution is -0.149. The first-order valence-electron chi connectivity index (χ1n) is 12.4. The molecule has 0 saturated carbocycles. The van der Waals surface area contributed by atoms with Crippen LogP contribution < -0.4 is 20.9 Å². The van der Waals surface area contributed by atoms with E-state index in [-0.39, 0.29) is 5.75 Å². The molecule has 14 heteroatoms. The van der Waals surface area contributed by atoms with Crippen LogP contribution in [0.2, 0.25) is 0 Å². The number of benzene rings is 1. The number of H-pyrrole nitrogens is 1. The van der Waals surface area contributed by atoms with Gasteiger partial charge in [0.25, 0.3) is 5.56 Å². The van der Waals surface area contributed by atoms with Gasteiger partial charge >= 0.3 is 19.4 Å². The van der Waals surface area contributed by atoms with Gasteiger partial charge in [-0.15, -0.1) is 0 Å². The van der Waals surface area contributed by atoms with Crippen LogP contribution in [0.3, 0.4) is 0 Å². The number of ether oxygens (including phenoxy) is 2. The summed E-state index contributed by atoms with van der Waals surface area (Å²) in [5.74, 6) is -0.816. The second-order valence-electron chi connectivity index (χ2n) is 8.32. The van der Waals surface area contributed by atoms with Crippen molar-refractivity contribution in [1.82, 2.24) is 14.6 Å². The van der Waals surface area contributed by atoms with Crippen LogP contribution in [0.15, 0.2) is 52.2 Å². The number of esters is 1. The number of aromatic nitrogens is 2. The first-order valence-corrected chi connectivity index (χ1v) is 12.4. The number of nitrogens with one attached hydrogen (secondary N) is 2. The summed E-state index contributed by atoms with van der Waals surface area (Å²) in [6, 6.07) is 7.15. The highest BCUT2D eigenvalue weighted by Crippen LogP contribution is 2.48. The van der Waals surface area contributed by atoms with Crippen LogP contribution in [-0.2, 0) is 23.4 Å². The molecule has 2 aromatic rings. The molecule has 1 aliphatic rings. The molecule has 0 aliphatic carbocycles. The molecule has 1 aliphatic heterocycles. The Morgan fingerprint density at radius 3 is 2.64 bits per heavy atom. The van der Waals surface area contributed by atoms with Crippen LogP contribution >= 0.6 is 7.75 Å². The van der Waals surface area contributed by atoms with Crippen molar-refractivity contribution in [2.45, 2.75) is 63.9 Å². The quantitative estimate of drug-likeness (QED) is 0.303. The van der Waals surface area contributed by atoms with E-state index in [1.165, 1.54) is 19.1 Å². The lowest BCUT2D eigenvalue weighted by Crippen LogP contribution is -2.44. The van der Waals surface area contributed by atoms with Gasteiger partial charge in [0.2, 0.25) is 0 Å². The van der Waals surface area contributed by atoms with Gasteiger partial charge in [0.15, 0.2) is 12.4 Å². The zero-order valence-electron chi connectivity index (χ0n) is 22.6. The van der Waals surface area contributed by atoms with Crippen molar-refractivity contribution in [1.29, 1.82) is 0 Å². The summed E-state index contributed by atoms with van der Waals surface area (Å²) < 4.78 is 74.9. The van der Waals surface area contributed by atoms with E-state index in [1.54, 1.807) is 32.0 Å². The molecule has 2 heterocycles. The second-order valence-corrected chi connectivity index (χ2v) is 10.0. The van der Waals surface area contributed by atoms with Crippen molar-refractivity contribution in [2.24, 2.45) is 0 Å². The molecule has 36 heavy (non-hydrogen) atoms. The summed E-state index contributed by atoms with van der Waals surface area (Å²) in [6.45, 7) is -0.0410. The third-order valence-corrected chi connectivity index (χ3v) is 6.61. The standard InChI is InChI=1S/C22H29FN3O9P/c1-13(2)33-20(29)14(3)25-36(31,35-15-8-6-5-7-9-15)32-12-22(4)18(28)17(23)19(34-22)26-11-10-16(27)24-21(26)30/h5-11,13-14,17-19,28H,12H2,1-4H3,(H,25,31)(H,24,27,30)/t14-,17+,18-,19+,22+,36?/m0/s1/i4D3,16+1. The van der Waals surface area contributed by atoms with Gasteiger partial charge in [-0.2, -0.15) is 5.09 Å². The van der Waals surface area contributed by atoms with Crippen molar-refractivity contribution in [2.75, 3.05) is 6.61 Å². The molecule has 0 amide bonds. The lowest BCUT2D eigenvalue weighted by Gasteiger charge is -2.30. The molecule has 1 aromatic heterocycles. The van der Waals surface area contributed by atoms with E-state index >= 15 is 4.39 Å². The first kappa shape index (κ1) is 23.6. The second kappa shape index (κ2) is 11.1. The van der Waals surface area contributed by atoms with Crippen molar-refractivity contribution >= 4 is 13.7 Å². The largest absolute Gasteiger partial charge is 0.462 e. The topological polar surface area (TPSA) is 158 Å². The van der Waals surface area contributed by atoms with E-state index in [4.69, 9.17) is 22.6 Å². The molecule has 3 N–H and O–H groups in total. The number of alkyl halides is 1. The number of halogens is 1. The SMILES string of the molecule is [2H]C([2H])([2H])[C@]1(COP(=O)(N[C@@H](C)C(=O)OC(C)C)Oc2ccccc2)O[C@@H](n2cc[13c](=O)[nH]c2=O)[C@H](F)[C@@H]1O. The van der Waals surface area contributed by atoms with Crippen LogP contribution in [-0.4, -0.2) is 57.3 Å². The van der Waals surface area contributed by atoms with Crippen molar-refractivity contribution in [3.05, 3.63) is 63.4 Å². The number of carbonyl (C=O) groups is 1.